The van der Waals surface area contributed by atoms with E-state index in [0.29, 0.717) is 6.42 Å². The van der Waals surface area contributed by atoms with Crippen LogP contribution in [0.1, 0.15) is 27.2 Å². The van der Waals surface area contributed by atoms with Crippen LogP contribution in [0, 0.1) is 11.8 Å². The van der Waals surface area contributed by atoms with E-state index in [1.165, 1.54) is 4.90 Å². The molecule has 14 heavy (non-hydrogen) atoms. The molecule has 0 spiro atoms. The number of carbonyl (C=O) groups is 2. The molecule has 0 aromatic heterocycles. The number of hydrogen-bond donors (Lipinski definition) is 1. The standard InChI is InChI=1S/C10H15NO3/c1-4-6-9(12)11(7-10(13)14)8(3)5-2/h8H,5,7H2,1-3H3,(H,13,14). The van der Waals surface area contributed by atoms with Crippen molar-refractivity contribution >= 4 is 11.9 Å². The number of aliphatic carboxylic acids is 1. The zero-order chi connectivity index (χ0) is 11.1. The van der Waals surface area contributed by atoms with Crippen LogP contribution in [-0.2, 0) is 9.59 Å². The fourth-order valence-corrected chi connectivity index (χ4v) is 0.973. The van der Waals surface area contributed by atoms with E-state index in [9.17, 15) is 9.59 Å². The first-order chi connectivity index (χ1) is 6.52. The highest BCUT2D eigenvalue weighted by Crippen LogP contribution is 2.03. The highest BCUT2D eigenvalue weighted by molar-refractivity contribution is 5.95. The smallest absolute Gasteiger partial charge is 0.323 e. The maximum Gasteiger partial charge on any atom is 0.323 e. The number of carbonyl (C=O) groups excluding carboxylic acids is 1. The summed E-state index contributed by atoms with van der Waals surface area (Å²) in [6.07, 6.45) is 0.713. The van der Waals surface area contributed by atoms with Crippen LogP contribution in [0.4, 0.5) is 0 Å². The summed E-state index contributed by atoms with van der Waals surface area (Å²) in [5.74, 6) is 3.36. The van der Waals surface area contributed by atoms with Crippen molar-refractivity contribution in [3.63, 3.8) is 0 Å². The lowest BCUT2D eigenvalue weighted by Crippen LogP contribution is -2.41. The summed E-state index contributed by atoms with van der Waals surface area (Å²) >= 11 is 0. The number of nitrogens with zero attached hydrogens (tertiary/aromatic N) is 1. The van der Waals surface area contributed by atoms with Gasteiger partial charge in [-0.15, -0.1) is 0 Å². The van der Waals surface area contributed by atoms with Crippen LogP contribution >= 0.6 is 0 Å². The maximum atomic E-state index is 11.4. The average Bonchev–Trinajstić information content (AvgIpc) is 2.13. The Hall–Kier alpha value is -1.50. The van der Waals surface area contributed by atoms with Crippen LogP contribution in [-0.4, -0.2) is 34.5 Å². The van der Waals surface area contributed by atoms with Crippen LogP contribution in [0.3, 0.4) is 0 Å². The van der Waals surface area contributed by atoms with E-state index < -0.39 is 11.9 Å². The quantitative estimate of drug-likeness (QED) is 0.676. The van der Waals surface area contributed by atoms with Crippen molar-refractivity contribution in [3.05, 3.63) is 0 Å². The predicted molar refractivity (Wildman–Crippen MR) is 52.6 cm³/mol. The summed E-state index contributed by atoms with van der Waals surface area (Å²) in [7, 11) is 0. The van der Waals surface area contributed by atoms with E-state index >= 15 is 0 Å². The second-order valence-corrected chi connectivity index (χ2v) is 2.96. The summed E-state index contributed by atoms with van der Waals surface area (Å²) in [6.45, 7) is 4.96. The molecule has 0 radical (unpaired) electrons. The highest BCUT2D eigenvalue weighted by atomic mass is 16.4. The fourth-order valence-electron chi connectivity index (χ4n) is 0.973. The van der Waals surface area contributed by atoms with Gasteiger partial charge in [0.15, 0.2) is 0 Å². The number of carboxylic acids is 1. The Kier molecular flexibility index (Phi) is 5.38. The van der Waals surface area contributed by atoms with E-state index in [2.05, 4.69) is 11.8 Å². The second-order valence-electron chi connectivity index (χ2n) is 2.96. The molecule has 0 aliphatic carbocycles. The number of amides is 1. The lowest BCUT2D eigenvalue weighted by Gasteiger charge is -2.24. The first kappa shape index (κ1) is 12.5. The number of hydrogen-bond acceptors (Lipinski definition) is 2. The molecule has 1 unspecified atom stereocenters. The van der Waals surface area contributed by atoms with Crippen LogP contribution in [0.5, 0.6) is 0 Å². The van der Waals surface area contributed by atoms with Gasteiger partial charge in [-0.25, -0.2) is 0 Å². The minimum Gasteiger partial charge on any atom is -0.480 e. The van der Waals surface area contributed by atoms with Gasteiger partial charge in [0.2, 0.25) is 0 Å². The first-order valence-corrected chi connectivity index (χ1v) is 4.48. The average molecular weight is 197 g/mol. The first-order valence-electron chi connectivity index (χ1n) is 4.48. The van der Waals surface area contributed by atoms with Crippen molar-refractivity contribution in [1.82, 2.24) is 4.90 Å². The van der Waals surface area contributed by atoms with Crippen LogP contribution < -0.4 is 0 Å². The molecule has 0 aromatic carbocycles. The van der Waals surface area contributed by atoms with Gasteiger partial charge in [-0.3, -0.25) is 9.59 Å². The van der Waals surface area contributed by atoms with E-state index in [-0.39, 0.29) is 12.6 Å². The van der Waals surface area contributed by atoms with Crippen molar-refractivity contribution in [1.29, 1.82) is 0 Å². The third-order valence-corrected chi connectivity index (χ3v) is 1.92. The highest BCUT2D eigenvalue weighted by Gasteiger charge is 2.19. The monoisotopic (exact) mass is 197 g/mol. The molecule has 0 aromatic rings. The van der Waals surface area contributed by atoms with Crippen LogP contribution in [0.25, 0.3) is 0 Å². The maximum absolute atomic E-state index is 11.4. The van der Waals surface area contributed by atoms with Gasteiger partial charge in [-0.2, -0.15) is 0 Å². The van der Waals surface area contributed by atoms with Crippen molar-refractivity contribution in [2.75, 3.05) is 6.54 Å². The topological polar surface area (TPSA) is 57.6 Å². The lowest BCUT2D eigenvalue weighted by molar-refractivity contribution is -0.143. The fraction of sp³-hybridized carbons (Fsp3) is 0.600. The Morgan fingerprint density at radius 1 is 1.50 bits per heavy atom. The van der Waals surface area contributed by atoms with Gasteiger partial charge in [-0.05, 0) is 26.2 Å². The van der Waals surface area contributed by atoms with Gasteiger partial charge in [0.1, 0.15) is 6.54 Å². The van der Waals surface area contributed by atoms with E-state index in [4.69, 9.17) is 5.11 Å². The summed E-state index contributed by atoms with van der Waals surface area (Å²) < 4.78 is 0. The number of rotatable bonds is 4. The molecule has 78 valence electrons. The van der Waals surface area contributed by atoms with Gasteiger partial charge in [0.05, 0.1) is 0 Å². The van der Waals surface area contributed by atoms with E-state index in [1.807, 2.05) is 6.92 Å². The van der Waals surface area contributed by atoms with Crippen molar-refractivity contribution < 1.29 is 14.7 Å². The molecule has 0 heterocycles. The van der Waals surface area contributed by atoms with Crippen LogP contribution in [0.15, 0.2) is 0 Å². The molecule has 1 amide bonds. The Labute approximate surface area is 83.9 Å². The molecular formula is C10H15NO3. The SMILES string of the molecule is CC#CC(=O)N(CC(=O)O)C(C)CC. The molecule has 0 aliphatic heterocycles. The summed E-state index contributed by atoms with van der Waals surface area (Å²) in [4.78, 5) is 23.1. The predicted octanol–water partition coefficient (Wildman–Crippen LogP) is 0.721. The summed E-state index contributed by atoms with van der Waals surface area (Å²) in [6, 6.07) is -0.0977. The Morgan fingerprint density at radius 2 is 2.07 bits per heavy atom. The molecule has 0 saturated heterocycles. The molecule has 4 heteroatoms. The molecular weight excluding hydrogens is 182 g/mol. The third kappa shape index (κ3) is 3.94. The Bertz CT molecular complexity index is 275. The van der Waals surface area contributed by atoms with Gasteiger partial charge in [0.25, 0.3) is 5.91 Å². The van der Waals surface area contributed by atoms with Crippen molar-refractivity contribution in [3.8, 4) is 11.8 Å². The molecule has 0 saturated carbocycles. The normalized spacial score (nSPS) is 11.1. The number of carboxylic acid groups (broad SMARTS) is 1. The Morgan fingerprint density at radius 3 is 2.43 bits per heavy atom. The van der Waals surface area contributed by atoms with Crippen LogP contribution in [0.2, 0.25) is 0 Å². The van der Waals surface area contributed by atoms with Gasteiger partial charge in [0, 0.05) is 6.04 Å². The zero-order valence-electron chi connectivity index (χ0n) is 8.70. The largest absolute Gasteiger partial charge is 0.480 e. The van der Waals surface area contributed by atoms with Gasteiger partial charge < -0.3 is 10.0 Å². The lowest BCUT2D eigenvalue weighted by atomic mass is 10.2. The minimum absolute atomic E-state index is 0.0977. The van der Waals surface area contributed by atoms with Crippen molar-refractivity contribution in [2.45, 2.75) is 33.2 Å². The van der Waals surface area contributed by atoms with Crippen molar-refractivity contribution in [2.24, 2.45) is 0 Å². The summed E-state index contributed by atoms with van der Waals surface area (Å²) in [5.41, 5.74) is 0. The molecule has 1 atom stereocenters. The second kappa shape index (κ2) is 6.03. The van der Waals surface area contributed by atoms with E-state index in [0.717, 1.165) is 0 Å². The molecule has 1 N–H and O–H groups in total. The molecule has 4 nitrogen and oxygen atoms in total. The third-order valence-electron chi connectivity index (χ3n) is 1.92. The summed E-state index contributed by atoms with van der Waals surface area (Å²) in [5, 5.41) is 8.60. The molecule has 0 rings (SSSR count). The van der Waals surface area contributed by atoms with E-state index in [1.54, 1.807) is 13.8 Å². The Balaban J connectivity index is 4.59. The molecule has 0 fully saturated rings. The molecule has 0 bridgehead atoms. The van der Waals surface area contributed by atoms with Gasteiger partial charge in [-0.1, -0.05) is 12.8 Å². The minimum atomic E-state index is -1.02. The molecule has 0 aliphatic rings. The zero-order valence-corrected chi connectivity index (χ0v) is 8.70. The van der Waals surface area contributed by atoms with Gasteiger partial charge >= 0.3 is 5.97 Å².